The molecule has 0 saturated carbocycles. The van der Waals surface area contributed by atoms with Crippen LogP contribution < -0.4 is 14.4 Å². The Labute approximate surface area is 185 Å². The van der Waals surface area contributed by atoms with Gasteiger partial charge in [0.15, 0.2) is 0 Å². The van der Waals surface area contributed by atoms with Crippen LogP contribution in [0.15, 0.2) is 47.4 Å². The predicted octanol–water partition coefficient (Wildman–Crippen LogP) is 1.89. The van der Waals surface area contributed by atoms with Crippen LogP contribution in [0.5, 0.6) is 11.5 Å². The minimum atomic E-state index is -3.88. The van der Waals surface area contributed by atoms with E-state index in [-0.39, 0.29) is 35.0 Å². The highest BCUT2D eigenvalue weighted by atomic mass is 32.2. The molecule has 0 spiro atoms. The summed E-state index contributed by atoms with van der Waals surface area (Å²) in [7, 11) is -2.52. The Balaban J connectivity index is 1.54. The molecule has 0 atom stereocenters. The normalized spacial score (nSPS) is 17.2. The third-order valence-corrected chi connectivity index (χ3v) is 7.03. The van der Waals surface area contributed by atoms with E-state index in [1.165, 1.54) is 34.5 Å². The summed E-state index contributed by atoms with van der Waals surface area (Å²) in [6, 6.07) is 10.5. The van der Waals surface area contributed by atoms with Crippen LogP contribution in [0.1, 0.15) is 10.4 Å². The number of hydrogen-bond acceptors (Lipinski definition) is 8. The number of amides is 1. The number of hydrogen-bond donors (Lipinski definition) is 0. The lowest BCUT2D eigenvalue weighted by Gasteiger charge is -2.26. The summed E-state index contributed by atoms with van der Waals surface area (Å²) in [5.41, 5.74) is 0.681. The molecule has 10 nitrogen and oxygen atoms in total. The predicted molar refractivity (Wildman–Crippen MR) is 113 cm³/mol. The molecule has 11 heteroatoms. The standard InChI is InChI=1S/C21H22N2O8S/c1-28-18-7-2-15(14-19(18)32(26,27)22-8-11-29-12-9-22)20(24)31-17-5-3-16(4-6-17)23-10-13-30-21(23)25/h2-7,14H,8-13H2,1H3. The van der Waals surface area contributed by atoms with Gasteiger partial charge in [0.25, 0.3) is 0 Å². The monoisotopic (exact) mass is 462 g/mol. The van der Waals surface area contributed by atoms with Gasteiger partial charge < -0.3 is 18.9 Å². The Morgan fingerprint density at radius 2 is 1.72 bits per heavy atom. The highest BCUT2D eigenvalue weighted by molar-refractivity contribution is 7.89. The Kier molecular flexibility index (Phi) is 6.31. The van der Waals surface area contributed by atoms with Gasteiger partial charge in [0.2, 0.25) is 10.0 Å². The van der Waals surface area contributed by atoms with Crippen molar-refractivity contribution in [3.8, 4) is 11.5 Å². The first-order valence-electron chi connectivity index (χ1n) is 9.92. The lowest BCUT2D eigenvalue weighted by Crippen LogP contribution is -2.40. The molecule has 2 aromatic rings. The number of methoxy groups -OCH3 is 1. The fourth-order valence-electron chi connectivity index (χ4n) is 3.42. The molecule has 4 rings (SSSR count). The average Bonchev–Trinajstić information content (AvgIpc) is 3.25. The molecule has 2 aliphatic rings. The zero-order valence-electron chi connectivity index (χ0n) is 17.4. The van der Waals surface area contributed by atoms with Crippen LogP contribution in [-0.4, -0.2) is 71.4 Å². The van der Waals surface area contributed by atoms with Gasteiger partial charge in [0, 0.05) is 18.8 Å². The lowest BCUT2D eigenvalue weighted by atomic mass is 10.2. The third-order valence-electron chi connectivity index (χ3n) is 5.11. The highest BCUT2D eigenvalue weighted by Gasteiger charge is 2.30. The Morgan fingerprint density at radius 1 is 1.00 bits per heavy atom. The topological polar surface area (TPSA) is 112 Å². The zero-order chi connectivity index (χ0) is 22.7. The van der Waals surface area contributed by atoms with Crippen LogP contribution in [0, 0.1) is 0 Å². The van der Waals surface area contributed by atoms with E-state index in [0.29, 0.717) is 32.1 Å². The van der Waals surface area contributed by atoms with Crippen molar-refractivity contribution in [3.63, 3.8) is 0 Å². The van der Waals surface area contributed by atoms with Crippen molar-refractivity contribution in [2.24, 2.45) is 0 Å². The molecule has 2 saturated heterocycles. The second-order valence-corrected chi connectivity index (χ2v) is 8.94. The Bertz CT molecular complexity index is 1110. The molecule has 170 valence electrons. The van der Waals surface area contributed by atoms with Crippen molar-refractivity contribution < 1.29 is 37.0 Å². The van der Waals surface area contributed by atoms with Crippen LogP contribution >= 0.6 is 0 Å². The molecule has 2 aromatic carbocycles. The minimum Gasteiger partial charge on any atom is -0.495 e. The summed E-state index contributed by atoms with van der Waals surface area (Å²) in [5.74, 6) is -0.339. The number of nitrogens with zero attached hydrogens (tertiary/aromatic N) is 2. The fraction of sp³-hybridized carbons (Fsp3) is 0.333. The van der Waals surface area contributed by atoms with Crippen LogP contribution in [-0.2, 0) is 19.5 Å². The molecular weight excluding hydrogens is 440 g/mol. The molecule has 2 heterocycles. The summed E-state index contributed by atoms with van der Waals surface area (Å²) in [6.07, 6.45) is -0.429. The summed E-state index contributed by atoms with van der Waals surface area (Å²) in [6.45, 7) is 1.81. The van der Waals surface area contributed by atoms with E-state index in [0.717, 1.165) is 0 Å². The molecule has 0 bridgehead atoms. The largest absolute Gasteiger partial charge is 0.495 e. The molecule has 0 unspecified atom stereocenters. The van der Waals surface area contributed by atoms with Gasteiger partial charge in [0.1, 0.15) is 23.0 Å². The first kappa shape index (κ1) is 22.1. The summed E-state index contributed by atoms with van der Waals surface area (Å²) < 4.78 is 48.2. The van der Waals surface area contributed by atoms with Crippen LogP contribution in [0.25, 0.3) is 0 Å². The van der Waals surface area contributed by atoms with E-state index < -0.39 is 22.1 Å². The van der Waals surface area contributed by atoms with Crippen LogP contribution in [0.2, 0.25) is 0 Å². The number of ether oxygens (including phenoxy) is 4. The van der Waals surface area contributed by atoms with Gasteiger partial charge in [0.05, 0.1) is 32.4 Å². The van der Waals surface area contributed by atoms with Crippen LogP contribution in [0.3, 0.4) is 0 Å². The molecule has 2 fully saturated rings. The van der Waals surface area contributed by atoms with E-state index in [1.807, 2.05) is 0 Å². The van der Waals surface area contributed by atoms with Gasteiger partial charge in [-0.1, -0.05) is 0 Å². The summed E-state index contributed by atoms with van der Waals surface area (Å²) in [5, 5.41) is 0. The van der Waals surface area contributed by atoms with Crippen molar-refractivity contribution in [2.75, 3.05) is 51.5 Å². The second-order valence-electron chi connectivity index (χ2n) is 7.03. The Hall–Kier alpha value is -3.15. The number of carbonyl (C=O) groups excluding carboxylic acids is 2. The van der Waals surface area contributed by atoms with Crippen molar-refractivity contribution in [2.45, 2.75) is 4.90 Å². The molecule has 0 N–H and O–H groups in total. The molecule has 0 aromatic heterocycles. The molecular formula is C21H22N2O8S. The Morgan fingerprint density at radius 3 is 2.34 bits per heavy atom. The van der Waals surface area contributed by atoms with Crippen molar-refractivity contribution in [1.29, 1.82) is 0 Å². The lowest BCUT2D eigenvalue weighted by molar-refractivity contribution is 0.0726. The number of anilines is 1. The highest BCUT2D eigenvalue weighted by Crippen LogP contribution is 2.29. The number of benzene rings is 2. The quantitative estimate of drug-likeness (QED) is 0.473. The third kappa shape index (κ3) is 4.40. The SMILES string of the molecule is COc1ccc(C(=O)Oc2ccc(N3CCOC3=O)cc2)cc1S(=O)(=O)N1CCOCC1. The summed E-state index contributed by atoms with van der Waals surface area (Å²) in [4.78, 5) is 25.7. The van der Waals surface area contributed by atoms with E-state index >= 15 is 0 Å². The molecule has 1 amide bonds. The zero-order valence-corrected chi connectivity index (χ0v) is 18.2. The molecule has 32 heavy (non-hydrogen) atoms. The average molecular weight is 462 g/mol. The first-order valence-corrected chi connectivity index (χ1v) is 11.4. The summed E-state index contributed by atoms with van der Waals surface area (Å²) >= 11 is 0. The van der Waals surface area contributed by atoms with Gasteiger partial charge in [-0.25, -0.2) is 18.0 Å². The second kappa shape index (κ2) is 9.15. The van der Waals surface area contributed by atoms with Gasteiger partial charge in [-0.3, -0.25) is 4.90 Å². The van der Waals surface area contributed by atoms with Gasteiger partial charge in [-0.15, -0.1) is 0 Å². The van der Waals surface area contributed by atoms with E-state index in [1.54, 1.807) is 24.3 Å². The maximum absolute atomic E-state index is 13.1. The van der Waals surface area contributed by atoms with E-state index in [9.17, 15) is 18.0 Å². The number of rotatable bonds is 6. The number of morpholine rings is 1. The van der Waals surface area contributed by atoms with Gasteiger partial charge in [-0.05, 0) is 42.5 Å². The van der Waals surface area contributed by atoms with Crippen molar-refractivity contribution in [1.82, 2.24) is 4.31 Å². The fourth-order valence-corrected chi connectivity index (χ4v) is 5.01. The van der Waals surface area contributed by atoms with Gasteiger partial charge in [-0.2, -0.15) is 4.31 Å². The van der Waals surface area contributed by atoms with E-state index in [2.05, 4.69) is 0 Å². The number of cyclic esters (lactones) is 1. The maximum Gasteiger partial charge on any atom is 0.414 e. The molecule has 2 aliphatic heterocycles. The van der Waals surface area contributed by atoms with Gasteiger partial charge >= 0.3 is 12.1 Å². The van der Waals surface area contributed by atoms with E-state index in [4.69, 9.17) is 18.9 Å². The van der Waals surface area contributed by atoms with Crippen molar-refractivity contribution in [3.05, 3.63) is 48.0 Å². The minimum absolute atomic E-state index is 0.0600. The first-order chi connectivity index (χ1) is 15.4. The molecule has 0 radical (unpaired) electrons. The van der Waals surface area contributed by atoms with Crippen LogP contribution in [0.4, 0.5) is 10.5 Å². The number of sulfonamides is 1. The molecule has 0 aliphatic carbocycles. The van der Waals surface area contributed by atoms with Crippen molar-refractivity contribution >= 4 is 27.8 Å². The smallest absolute Gasteiger partial charge is 0.414 e. The number of esters is 1. The number of carbonyl (C=O) groups is 2. The maximum atomic E-state index is 13.1.